The Labute approximate surface area is 184 Å². The van der Waals surface area contributed by atoms with E-state index in [4.69, 9.17) is 8.85 Å². The Morgan fingerprint density at radius 3 is 1.81 bits per heavy atom. The first kappa shape index (κ1) is 15.7. The maximum atomic E-state index is 12.8. The number of nitrogens with zero attached hydrogens (tertiary/aromatic N) is 3. The molecule has 5 nitrogen and oxygen atoms in total. The second-order valence-electron chi connectivity index (χ2n) is 7.20. The minimum atomic E-state index is -2.77. The van der Waals surface area contributed by atoms with Gasteiger partial charge in [0.25, 0.3) is 0 Å². The lowest BCUT2D eigenvalue weighted by Gasteiger charge is -2.36. The molecule has 0 saturated carbocycles. The first-order valence-electron chi connectivity index (χ1n) is 11.4. The Balaban J connectivity index is 1.96. The van der Waals surface area contributed by atoms with Crippen molar-refractivity contribution in [2.75, 3.05) is 7.04 Å². The Kier molecular flexibility index (Phi) is 3.85. The standard InChI is InChI=1S/C26H21N3O2/c1-31-25-24-23(18-11-19-28(24)30)29(27-25)26(20-12-5-2-6-13-20,21-14-7-3-8-15-21)22-16-9-4-10-17-22/h2-19H,1H3/i1D3. The van der Waals surface area contributed by atoms with Gasteiger partial charge in [0.1, 0.15) is 11.1 Å². The molecule has 0 radical (unpaired) electrons. The number of pyridine rings is 1. The number of aromatic nitrogens is 3. The van der Waals surface area contributed by atoms with Crippen LogP contribution in [0.15, 0.2) is 109 Å². The van der Waals surface area contributed by atoms with Gasteiger partial charge in [-0.15, -0.1) is 5.10 Å². The molecule has 0 fully saturated rings. The lowest BCUT2D eigenvalue weighted by molar-refractivity contribution is -0.577. The molecule has 0 atom stereocenters. The van der Waals surface area contributed by atoms with Crippen LogP contribution in [0.3, 0.4) is 0 Å². The van der Waals surface area contributed by atoms with Crippen molar-refractivity contribution in [3.63, 3.8) is 0 Å². The summed E-state index contributed by atoms with van der Waals surface area (Å²) in [7, 11) is -2.77. The highest BCUT2D eigenvalue weighted by Crippen LogP contribution is 2.43. The molecule has 152 valence electrons. The van der Waals surface area contributed by atoms with Gasteiger partial charge in [-0.25, -0.2) is 4.68 Å². The van der Waals surface area contributed by atoms with Crippen molar-refractivity contribution < 1.29 is 13.6 Å². The fourth-order valence-electron chi connectivity index (χ4n) is 4.27. The molecule has 0 N–H and O–H groups in total. The van der Waals surface area contributed by atoms with Crippen molar-refractivity contribution in [3.05, 3.63) is 131 Å². The number of ether oxygens (including phenoxy) is 1. The van der Waals surface area contributed by atoms with E-state index < -0.39 is 12.6 Å². The largest absolute Gasteiger partial charge is 0.618 e. The van der Waals surface area contributed by atoms with Crippen LogP contribution in [0.25, 0.3) is 11.0 Å². The van der Waals surface area contributed by atoms with Crippen LogP contribution in [0.2, 0.25) is 0 Å². The van der Waals surface area contributed by atoms with Crippen LogP contribution in [-0.4, -0.2) is 16.8 Å². The fourth-order valence-corrected chi connectivity index (χ4v) is 4.27. The molecule has 0 spiro atoms. The topological polar surface area (TPSA) is 54.0 Å². The molecule has 5 aromatic rings. The van der Waals surface area contributed by atoms with Crippen molar-refractivity contribution in [2.45, 2.75) is 5.54 Å². The summed E-state index contributed by atoms with van der Waals surface area (Å²) in [5.74, 6) is -0.252. The molecule has 31 heavy (non-hydrogen) atoms. The summed E-state index contributed by atoms with van der Waals surface area (Å²) in [5.41, 5.74) is 2.13. The van der Waals surface area contributed by atoms with Gasteiger partial charge < -0.3 is 9.94 Å². The molecule has 0 aliphatic heterocycles. The van der Waals surface area contributed by atoms with Crippen LogP contribution in [-0.2, 0) is 5.54 Å². The minimum absolute atomic E-state index is 0.0470. The quantitative estimate of drug-likeness (QED) is 0.243. The van der Waals surface area contributed by atoms with Crippen molar-refractivity contribution in [1.29, 1.82) is 0 Å². The van der Waals surface area contributed by atoms with Gasteiger partial charge in [0, 0.05) is 6.07 Å². The van der Waals surface area contributed by atoms with Crippen molar-refractivity contribution in [2.24, 2.45) is 0 Å². The highest BCUT2D eigenvalue weighted by atomic mass is 16.5. The number of fused-ring (bicyclic) bond motifs is 1. The highest BCUT2D eigenvalue weighted by Gasteiger charge is 2.42. The van der Waals surface area contributed by atoms with Gasteiger partial charge in [0.2, 0.25) is 0 Å². The third kappa shape index (κ3) is 2.86. The first-order valence-corrected chi connectivity index (χ1v) is 9.88. The number of benzene rings is 3. The molecule has 5 rings (SSSR count). The average molecular weight is 410 g/mol. The van der Waals surface area contributed by atoms with E-state index in [0.29, 0.717) is 10.2 Å². The fraction of sp³-hybridized carbons (Fsp3) is 0.0769. The van der Waals surface area contributed by atoms with Crippen LogP contribution >= 0.6 is 0 Å². The number of hydrogen-bond donors (Lipinski definition) is 0. The van der Waals surface area contributed by atoms with Gasteiger partial charge in [-0.05, 0) is 22.8 Å². The maximum Gasteiger partial charge on any atom is 0.308 e. The van der Waals surface area contributed by atoms with E-state index in [1.807, 2.05) is 91.0 Å². The molecular weight excluding hydrogens is 386 g/mol. The second kappa shape index (κ2) is 7.61. The highest BCUT2D eigenvalue weighted by molar-refractivity contribution is 5.78. The van der Waals surface area contributed by atoms with Gasteiger partial charge in [0.05, 0.1) is 11.2 Å². The van der Waals surface area contributed by atoms with Crippen molar-refractivity contribution >= 4 is 11.0 Å². The molecule has 5 heteroatoms. The minimum Gasteiger partial charge on any atom is -0.618 e. The third-order valence-electron chi connectivity index (χ3n) is 5.55. The van der Waals surface area contributed by atoms with Crippen molar-refractivity contribution in [3.8, 4) is 5.88 Å². The van der Waals surface area contributed by atoms with E-state index in [-0.39, 0.29) is 11.4 Å². The van der Waals surface area contributed by atoms with E-state index >= 15 is 0 Å². The average Bonchev–Trinajstić information content (AvgIpc) is 3.20. The van der Waals surface area contributed by atoms with Crippen LogP contribution < -0.4 is 9.47 Å². The molecular formula is C26H21N3O2. The normalized spacial score (nSPS) is 13.4. The third-order valence-corrected chi connectivity index (χ3v) is 5.55. The van der Waals surface area contributed by atoms with Crippen molar-refractivity contribution in [1.82, 2.24) is 9.78 Å². The molecule has 0 aliphatic rings. The Bertz CT molecular complexity index is 1320. The van der Waals surface area contributed by atoms with Gasteiger partial charge in [-0.2, -0.15) is 4.73 Å². The number of rotatable bonds is 5. The van der Waals surface area contributed by atoms with Gasteiger partial charge in [-0.3, -0.25) is 0 Å². The van der Waals surface area contributed by atoms with E-state index in [1.54, 1.807) is 16.8 Å². The lowest BCUT2D eigenvalue weighted by atomic mass is 9.77. The molecule has 0 amide bonds. The molecule has 2 heterocycles. The molecule has 0 saturated heterocycles. The summed E-state index contributed by atoms with van der Waals surface area (Å²) >= 11 is 0. The summed E-state index contributed by atoms with van der Waals surface area (Å²) in [6.07, 6.45) is 1.30. The van der Waals surface area contributed by atoms with Gasteiger partial charge >= 0.3 is 11.4 Å². The van der Waals surface area contributed by atoms with E-state index in [2.05, 4.69) is 5.10 Å². The molecule has 3 aromatic carbocycles. The van der Waals surface area contributed by atoms with E-state index in [9.17, 15) is 5.21 Å². The summed E-state index contributed by atoms with van der Waals surface area (Å²) in [6, 6.07) is 32.7. The first-order chi connectivity index (χ1) is 16.4. The summed E-state index contributed by atoms with van der Waals surface area (Å²) in [6.45, 7) is 0. The summed E-state index contributed by atoms with van der Waals surface area (Å²) in [5, 5.41) is 17.5. The van der Waals surface area contributed by atoms with Gasteiger partial charge in [0.15, 0.2) is 6.20 Å². The second-order valence-corrected chi connectivity index (χ2v) is 7.20. The SMILES string of the molecule is [2H]C([2H])([2H])Oc1nn(C(c2ccccc2)(c2ccccc2)c2ccccc2)c2ccc[n+]([O-])c12. The zero-order valence-electron chi connectivity index (χ0n) is 19.6. The number of methoxy groups -OCH3 is 1. The monoisotopic (exact) mass is 410 g/mol. The summed E-state index contributed by atoms with van der Waals surface area (Å²) in [4.78, 5) is 0. The molecule has 2 aromatic heterocycles. The predicted molar refractivity (Wildman–Crippen MR) is 120 cm³/mol. The maximum absolute atomic E-state index is 12.8. The summed E-state index contributed by atoms with van der Waals surface area (Å²) < 4.78 is 30.4. The Hall–Kier alpha value is -4.12. The predicted octanol–water partition coefficient (Wildman–Crippen LogP) is 4.52. The Morgan fingerprint density at radius 1 is 0.806 bits per heavy atom. The molecule has 0 unspecified atom stereocenters. The smallest absolute Gasteiger partial charge is 0.308 e. The van der Waals surface area contributed by atoms with Crippen LogP contribution in [0.1, 0.15) is 20.8 Å². The lowest BCUT2D eigenvalue weighted by Crippen LogP contribution is -2.38. The zero-order valence-corrected chi connectivity index (χ0v) is 16.6. The van der Waals surface area contributed by atoms with E-state index in [0.717, 1.165) is 16.7 Å². The molecule has 0 aliphatic carbocycles. The van der Waals surface area contributed by atoms with E-state index in [1.165, 1.54) is 6.20 Å². The van der Waals surface area contributed by atoms with Crippen LogP contribution in [0, 0.1) is 5.21 Å². The number of hydrogen-bond acceptors (Lipinski definition) is 3. The zero-order chi connectivity index (χ0) is 23.8. The van der Waals surface area contributed by atoms with Crippen LogP contribution in [0.4, 0.5) is 0 Å². The Morgan fingerprint density at radius 2 is 1.32 bits per heavy atom. The molecule has 0 bridgehead atoms. The van der Waals surface area contributed by atoms with Gasteiger partial charge in [-0.1, -0.05) is 91.0 Å². The van der Waals surface area contributed by atoms with Crippen LogP contribution in [0.5, 0.6) is 5.88 Å².